The van der Waals surface area contributed by atoms with Crippen LogP contribution in [-0.2, 0) is 29.7 Å². The fraction of sp³-hybridized carbons (Fsp3) is 0.290. The van der Waals surface area contributed by atoms with Crippen molar-refractivity contribution in [2.24, 2.45) is 13.0 Å². The number of rotatable bonds is 9. The van der Waals surface area contributed by atoms with Crippen molar-refractivity contribution in [2.75, 3.05) is 5.75 Å². The van der Waals surface area contributed by atoms with Gasteiger partial charge in [0.05, 0.1) is 36.0 Å². The van der Waals surface area contributed by atoms with Gasteiger partial charge in [0, 0.05) is 30.8 Å². The van der Waals surface area contributed by atoms with E-state index in [0.717, 1.165) is 27.8 Å². The van der Waals surface area contributed by atoms with Crippen molar-refractivity contribution in [2.45, 2.75) is 43.7 Å². The van der Waals surface area contributed by atoms with E-state index in [-0.39, 0.29) is 36.3 Å². The molecule has 3 heterocycles. The van der Waals surface area contributed by atoms with Crippen molar-refractivity contribution in [3.8, 4) is 0 Å². The fourth-order valence-electron chi connectivity index (χ4n) is 4.94. The number of nitrogens with zero attached hydrogens (tertiary/aromatic N) is 6. The number of para-hydroxylation sites is 2. The molecule has 1 amide bonds. The number of tetrazole rings is 1. The van der Waals surface area contributed by atoms with Crippen LogP contribution in [0.4, 0.5) is 0 Å². The lowest BCUT2D eigenvalue weighted by atomic mass is 9.91. The third-order valence-corrected chi connectivity index (χ3v) is 8.57. The molecule has 1 fully saturated rings. The van der Waals surface area contributed by atoms with Gasteiger partial charge >= 0.3 is 0 Å². The molecule has 4 atom stereocenters. The van der Waals surface area contributed by atoms with Crippen LogP contribution in [0.15, 0.2) is 84.1 Å². The second-order valence-corrected chi connectivity index (χ2v) is 11.4. The third-order valence-electron chi connectivity index (χ3n) is 7.47. The Morgan fingerprint density at radius 2 is 1.70 bits per heavy atom. The summed E-state index contributed by atoms with van der Waals surface area (Å²) in [5, 5.41) is 24.9. The number of aliphatic hydroxyl groups excluding tert-OH is 1. The summed E-state index contributed by atoms with van der Waals surface area (Å²) < 4.78 is 14.7. The van der Waals surface area contributed by atoms with Gasteiger partial charge in [-0.05, 0) is 39.2 Å². The maximum atomic E-state index is 12.7. The molecule has 2 N–H and O–H groups in total. The fourth-order valence-corrected chi connectivity index (χ4v) is 5.96. The van der Waals surface area contributed by atoms with Crippen molar-refractivity contribution >= 4 is 28.7 Å². The van der Waals surface area contributed by atoms with Gasteiger partial charge in [0.25, 0.3) is 5.91 Å². The summed E-state index contributed by atoms with van der Waals surface area (Å²) in [7, 11) is 1.81. The van der Waals surface area contributed by atoms with Crippen LogP contribution in [0.25, 0.3) is 11.0 Å². The lowest BCUT2D eigenvalue weighted by Gasteiger charge is -2.41. The number of ether oxygens (including phenoxy) is 2. The molecule has 220 valence electrons. The molecule has 1 aliphatic rings. The number of carbonyl (C=O) groups is 1. The number of thioether (sulfide) groups is 1. The van der Waals surface area contributed by atoms with Crippen molar-refractivity contribution in [1.82, 2.24) is 35.5 Å². The van der Waals surface area contributed by atoms with Crippen molar-refractivity contribution in [1.29, 1.82) is 0 Å². The van der Waals surface area contributed by atoms with Gasteiger partial charge in [-0.3, -0.25) is 9.78 Å². The van der Waals surface area contributed by atoms with E-state index >= 15 is 0 Å². The Bertz CT molecular complexity index is 1700. The van der Waals surface area contributed by atoms with Crippen LogP contribution in [-0.4, -0.2) is 53.0 Å². The molecule has 0 spiro atoms. The molecule has 1 aliphatic heterocycles. The number of benzene rings is 3. The van der Waals surface area contributed by atoms with Crippen LogP contribution >= 0.6 is 11.8 Å². The average Bonchev–Trinajstić information content (AvgIpc) is 3.47. The standard InChI is InChI=1S/C31H31N7O4S/c1-19-27(18-43-31-35-36-37-38(31)2)41-30(42-28(19)22-11-9-21(17-39)10-12-22)23-13-7-20(8-14-23)15-33-29(40)26-16-32-24-5-3-4-6-25(24)34-26/h3-14,16,19,27-28,30,39H,15,17-18H2,1-2H3,(H,33,40)/t19-,27+,28+,30+/m1/s1. The van der Waals surface area contributed by atoms with Gasteiger partial charge in [0.15, 0.2) is 6.29 Å². The number of aromatic nitrogens is 6. The number of aryl methyl sites for hydroxylation is 1. The van der Waals surface area contributed by atoms with E-state index in [1.807, 2.05) is 79.8 Å². The van der Waals surface area contributed by atoms with Crippen LogP contribution in [0.5, 0.6) is 0 Å². The molecule has 0 unspecified atom stereocenters. The van der Waals surface area contributed by atoms with E-state index < -0.39 is 6.29 Å². The lowest BCUT2D eigenvalue weighted by Crippen LogP contribution is -2.38. The highest BCUT2D eigenvalue weighted by molar-refractivity contribution is 7.99. The summed E-state index contributed by atoms with van der Waals surface area (Å²) in [5.41, 5.74) is 5.35. The first-order chi connectivity index (χ1) is 21.0. The van der Waals surface area contributed by atoms with Crippen LogP contribution in [0.2, 0.25) is 0 Å². The zero-order valence-electron chi connectivity index (χ0n) is 23.7. The minimum Gasteiger partial charge on any atom is -0.392 e. The highest BCUT2D eigenvalue weighted by Gasteiger charge is 2.38. The molecule has 6 rings (SSSR count). The van der Waals surface area contributed by atoms with Crippen molar-refractivity contribution in [3.05, 3.63) is 107 Å². The first kappa shape index (κ1) is 28.9. The third kappa shape index (κ3) is 6.57. The normalized spacial score (nSPS) is 20.3. The molecule has 2 aromatic heterocycles. The van der Waals surface area contributed by atoms with Gasteiger partial charge < -0.3 is 19.9 Å². The summed E-state index contributed by atoms with van der Waals surface area (Å²) in [6.07, 6.45) is 0.517. The molecule has 11 nitrogen and oxygen atoms in total. The van der Waals surface area contributed by atoms with Crippen molar-refractivity contribution < 1.29 is 19.4 Å². The minimum absolute atomic E-state index is 0.0133. The van der Waals surface area contributed by atoms with Gasteiger partial charge in [0.2, 0.25) is 5.16 Å². The summed E-state index contributed by atoms with van der Waals surface area (Å²) in [5.74, 6) is 0.392. The summed E-state index contributed by atoms with van der Waals surface area (Å²) in [4.78, 5) is 21.5. The van der Waals surface area contributed by atoms with Crippen LogP contribution in [0.1, 0.15) is 52.1 Å². The second-order valence-electron chi connectivity index (χ2n) is 10.4. The molecular weight excluding hydrogens is 566 g/mol. The highest BCUT2D eigenvalue weighted by atomic mass is 32.2. The molecule has 0 bridgehead atoms. The Kier molecular flexibility index (Phi) is 8.70. The maximum Gasteiger partial charge on any atom is 0.271 e. The number of aliphatic hydroxyl groups is 1. The number of carbonyl (C=O) groups excluding carboxylic acids is 1. The first-order valence-corrected chi connectivity index (χ1v) is 14.9. The summed E-state index contributed by atoms with van der Waals surface area (Å²) >= 11 is 1.54. The van der Waals surface area contributed by atoms with Gasteiger partial charge in [-0.25, -0.2) is 9.67 Å². The summed E-state index contributed by atoms with van der Waals surface area (Å²) in [6.45, 7) is 2.44. The van der Waals surface area contributed by atoms with E-state index in [2.05, 4.69) is 37.7 Å². The van der Waals surface area contributed by atoms with E-state index in [0.29, 0.717) is 23.0 Å². The Morgan fingerprint density at radius 3 is 2.42 bits per heavy atom. The predicted octanol–water partition coefficient (Wildman–Crippen LogP) is 4.16. The zero-order chi connectivity index (χ0) is 29.8. The molecule has 5 aromatic rings. The van der Waals surface area contributed by atoms with E-state index in [4.69, 9.17) is 9.47 Å². The molecule has 0 radical (unpaired) electrons. The van der Waals surface area contributed by atoms with Gasteiger partial charge in [-0.15, -0.1) is 5.10 Å². The van der Waals surface area contributed by atoms with Crippen LogP contribution in [0, 0.1) is 5.92 Å². The predicted molar refractivity (Wildman–Crippen MR) is 160 cm³/mol. The largest absolute Gasteiger partial charge is 0.392 e. The Labute approximate surface area is 252 Å². The molecule has 3 aromatic carbocycles. The van der Waals surface area contributed by atoms with Gasteiger partial charge in [-0.2, -0.15) is 0 Å². The highest BCUT2D eigenvalue weighted by Crippen LogP contribution is 2.42. The molecule has 1 saturated heterocycles. The average molecular weight is 598 g/mol. The van der Waals surface area contributed by atoms with E-state index in [9.17, 15) is 9.90 Å². The van der Waals surface area contributed by atoms with Crippen molar-refractivity contribution in [3.63, 3.8) is 0 Å². The Morgan fingerprint density at radius 1 is 0.977 bits per heavy atom. The maximum absolute atomic E-state index is 12.7. The number of nitrogens with one attached hydrogen (secondary N) is 1. The Balaban J connectivity index is 1.15. The zero-order valence-corrected chi connectivity index (χ0v) is 24.5. The van der Waals surface area contributed by atoms with Crippen LogP contribution in [0.3, 0.4) is 0 Å². The molecular formula is C31H31N7O4S. The summed E-state index contributed by atoms with van der Waals surface area (Å²) in [6, 6.07) is 23.1. The topological polar surface area (TPSA) is 137 Å². The van der Waals surface area contributed by atoms with Crippen LogP contribution < -0.4 is 5.32 Å². The Hall–Kier alpha value is -4.23. The van der Waals surface area contributed by atoms with Gasteiger partial charge in [0.1, 0.15) is 5.69 Å². The van der Waals surface area contributed by atoms with E-state index in [1.165, 1.54) is 18.0 Å². The number of hydrogen-bond acceptors (Lipinski definition) is 10. The van der Waals surface area contributed by atoms with E-state index in [1.54, 1.807) is 4.68 Å². The second kappa shape index (κ2) is 13.0. The smallest absolute Gasteiger partial charge is 0.271 e. The quantitative estimate of drug-likeness (QED) is 0.238. The number of fused-ring (bicyclic) bond motifs is 1. The number of amides is 1. The minimum atomic E-state index is -0.599. The molecule has 0 saturated carbocycles. The lowest BCUT2D eigenvalue weighted by molar-refractivity contribution is -0.268. The number of hydrogen-bond donors (Lipinski definition) is 2. The molecule has 43 heavy (non-hydrogen) atoms. The first-order valence-electron chi connectivity index (χ1n) is 13.9. The monoisotopic (exact) mass is 597 g/mol. The SMILES string of the molecule is C[C@@H]1[C@H](CSc2nnnn2C)O[C@H](c2ccc(CNC(=O)c3cnc4ccccc4n3)cc2)O[C@@H]1c1ccc(CO)cc1. The van der Waals surface area contributed by atoms with Gasteiger partial charge in [-0.1, -0.05) is 79.3 Å². The molecule has 0 aliphatic carbocycles. The molecule has 12 heteroatoms.